The largest absolute Gasteiger partial charge is 0.497 e. The number of aryl methyl sites for hydroxylation is 2. The molecule has 9 heteroatoms. The number of aromatic nitrogens is 3. The van der Waals surface area contributed by atoms with E-state index in [-0.39, 0.29) is 5.91 Å². The second-order valence-corrected chi connectivity index (χ2v) is 8.45. The molecule has 0 spiro atoms. The van der Waals surface area contributed by atoms with Crippen molar-refractivity contribution < 1.29 is 19.0 Å². The van der Waals surface area contributed by atoms with Crippen molar-refractivity contribution >= 4 is 32.6 Å². The third kappa shape index (κ3) is 4.78. The van der Waals surface area contributed by atoms with Gasteiger partial charge in [0.2, 0.25) is 0 Å². The fourth-order valence-electron chi connectivity index (χ4n) is 3.58. The summed E-state index contributed by atoms with van der Waals surface area (Å²) < 4.78 is 19.2. The second kappa shape index (κ2) is 9.91. The zero-order chi connectivity index (χ0) is 23.4. The number of fused-ring (bicyclic) bond motifs is 1. The van der Waals surface area contributed by atoms with E-state index in [9.17, 15) is 4.79 Å². The Balaban J connectivity index is 1.72. The molecular weight excluding hydrogens is 440 g/mol. The van der Waals surface area contributed by atoms with E-state index < -0.39 is 0 Å². The number of methoxy groups -OCH3 is 3. The number of hydrogen-bond acceptors (Lipinski definition) is 7. The van der Waals surface area contributed by atoms with Crippen LogP contribution < -0.4 is 19.1 Å². The van der Waals surface area contributed by atoms with Crippen LogP contribution in [0.4, 0.5) is 5.13 Å². The number of thiazole rings is 1. The number of nitrogens with zero attached hydrogens (tertiary/aromatic N) is 4. The molecule has 0 radical (unpaired) electrons. The molecule has 0 unspecified atom stereocenters. The summed E-state index contributed by atoms with van der Waals surface area (Å²) in [5.41, 5.74) is 2.31. The third-order valence-corrected chi connectivity index (χ3v) is 6.56. The molecular formula is C24H26N4O4S. The van der Waals surface area contributed by atoms with E-state index in [4.69, 9.17) is 19.2 Å². The average molecular weight is 467 g/mol. The number of rotatable bonds is 9. The Morgan fingerprint density at radius 1 is 1.09 bits per heavy atom. The van der Waals surface area contributed by atoms with Crippen molar-refractivity contribution in [2.45, 2.75) is 19.9 Å². The van der Waals surface area contributed by atoms with Gasteiger partial charge in [0.15, 0.2) is 5.13 Å². The third-order valence-electron chi connectivity index (χ3n) is 5.34. The lowest BCUT2D eigenvalue weighted by Crippen LogP contribution is -2.32. The number of imidazole rings is 1. The lowest BCUT2D eigenvalue weighted by molar-refractivity contribution is 0.0985. The SMILES string of the molecule is COc1cc(OC)cc(C(=O)N(CCCn2ccnc2)c2nc3c(OC)ccc(C)c3s2)c1. The van der Waals surface area contributed by atoms with Gasteiger partial charge < -0.3 is 18.8 Å². The molecule has 0 saturated carbocycles. The molecule has 2 heterocycles. The molecule has 0 aliphatic heterocycles. The number of carbonyl (C=O) groups excluding carboxylic acids is 1. The minimum absolute atomic E-state index is 0.173. The van der Waals surface area contributed by atoms with Gasteiger partial charge in [-0.25, -0.2) is 9.97 Å². The summed E-state index contributed by atoms with van der Waals surface area (Å²) in [6.07, 6.45) is 6.15. The zero-order valence-corrected chi connectivity index (χ0v) is 19.9. The van der Waals surface area contributed by atoms with E-state index in [0.717, 1.165) is 28.7 Å². The maximum Gasteiger partial charge on any atom is 0.260 e. The van der Waals surface area contributed by atoms with Crippen LogP contribution in [0.1, 0.15) is 22.3 Å². The number of amides is 1. The van der Waals surface area contributed by atoms with E-state index in [1.54, 1.807) is 57.0 Å². The smallest absolute Gasteiger partial charge is 0.260 e. The Hall–Kier alpha value is -3.59. The molecule has 4 aromatic rings. The molecule has 4 rings (SSSR count). The fraction of sp³-hybridized carbons (Fsp3) is 0.292. The summed E-state index contributed by atoms with van der Waals surface area (Å²) in [5.74, 6) is 1.62. The molecule has 33 heavy (non-hydrogen) atoms. The Labute approximate surface area is 196 Å². The minimum Gasteiger partial charge on any atom is -0.497 e. The Bertz CT molecular complexity index is 1230. The van der Waals surface area contributed by atoms with Crippen LogP contribution in [-0.4, -0.2) is 48.3 Å². The number of benzene rings is 2. The summed E-state index contributed by atoms with van der Waals surface area (Å²) >= 11 is 1.48. The van der Waals surface area contributed by atoms with Crippen LogP contribution in [0.2, 0.25) is 0 Å². The highest BCUT2D eigenvalue weighted by atomic mass is 32.1. The van der Waals surface area contributed by atoms with E-state index in [1.807, 2.05) is 29.8 Å². The van der Waals surface area contributed by atoms with Gasteiger partial charge in [-0.2, -0.15) is 0 Å². The molecule has 2 aromatic carbocycles. The summed E-state index contributed by atoms with van der Waals surface area (Å²) in [5, 5.41) is 0.620. The predicted octanol–water partition coefficient (Wildman–Crippen LogP) is 4.56. The summed E-state index contributed by atoms with van der Waals surface area (Å²) in [6, 6.07) is 9.08. The molecule has 1 amide bonds. The number of carbonyl (C=O) groups is 1. The summed E-state index contributed by atoms with van der Waals surface area (Å²) in [7, 11) is 4.75. The van der Waals surface area contributed by atoms with Gasteiger partial charge in [0, 0.05) is 37.1 Å². The maximum absolute atomic E-state index is 13.7. The summed E-state index contributed by atoms with van der Waals surface area (Å²) in [6.45, 7) is 3.25. The van der Waals surface area contributed by atoms with Crippen molar-refractivity contribution in [1.29, 1.82) is 0 Å². The predicted molar refractivity (Wildman–Crippen MR) is 129 cm³/mol. The highest BCUT2D eigenvalue weighted by Gasteiger charge is 2.24. The maximum atomic E-state index is 13.7. The van der Waals surface area contributed by atoms with Crippen molar-refractivity contribution in [3.63, 3.8) is 0 Å². The van der Waals surface area contributed by atoms with Crippen molar-refractivity contribution in [2.75, 3.05) is 32.8 Å². The van der Waals surface area contributed by atoms with Crippen molar-refractivity contribution in [1.82, 2.24) is 14.5 Å². The molecule has 0 aliphatic rings. The molecule has 0 fully saturated rings. The Morgan fingerprint density at radius 2 is 1.85 bits per heavy atom. The molecule has 0 N–H and O–H groups in total. The Kier molecular flexibility index (Phi) is 6.79. The van der Waals surface area contributed by atoms with E-state index in [2.05, 4.69) is 4.98 Å². The highest BCUT2D eigenvalue weighted by Crippen LogP contribution is 2.37. The lowest BCUT2D eigenvalue weighted by Gasteiger charge is -2.21. The Morgan fingerprint density at radius 3 is 2.48 bits per heavy atom. The first-order chi connectivity index (χ1) is 16.0. The number of hydrogen-bond donors (Lipinski definition) is 0. The van der Waals surface area contributed by atoms with Crippen molar-refractivity contribution in [3.05, 3.63) is 60.2 Å². The van der Waals surface area contributed by atoms with Crippen LogP contribution in [0, 0.1) is 6.92 Å². The van der Waals surface area contributed by atoms with Crippen molar-refractivity contribution in [2.24, 2.45) is 0 Å². The van der Waals surface area contributed by atoms with Gasteiger partial charge >= 0.3 is 0 Å². The van der Waals surface area contributed by atoms with Gasteiger partial charge in [0.25, 0.3) is 5.91 Å². The van der Waals surface area contributed by atoms with Gasteiger partial charge in [0.05, 0.1) is 32.4 Å². The standard InChI is InChI=1S/C24H26N4O4S/c1-16-6-7-20(32-4)21-22(16)33-24(26-21)28(10-5-9-27-11-8-25-15-27)23(29)17-12-18(30-2)14-19(13-17)31-3/h6-8,11-15H,5,9-10H2,1-4H3. The lowest BCUT2D eigenvalue weighted by atomic mass is 10.1. The van der Waals surface area contributed by atoms with Crippen LogP contribution >= 0.6 is 11.3 Å². The van der Waals surface area contributed by atoms with Crippen LogP contribution in [-0.2, 0) is 6.54 Å². The molecule has 0 atom stereocenters. The van der Waals surface area contributed by atoms with Gasteiger partial charge in [-0.3, -0.25) is 9.69 Å². The molecule has 0 bridgehead atoms. The molecule has 172 valence electrons. The first-order valence-electron chi connectivity index (χ1n) is 10.5. The monoisotopic (exact) mass is 466 g/mol. The topological polar surface area (TPSA) is 78.7 Å². The van der Waals surface area contributed by atoms with Crippen LogP contribution in [0.5, 0.6) is 17.2 Å². The van der Waals surface area contributed by atoms with Gasteiger partial charge in [-0.05, 0) is 37.1 Å². The van der Waals surface area contributed by atoms with E-state index >= 15 is 0 Å². The number of ether oxygens (including phenoxy) is 3. The average Bonchev–Trinajstić information content (AvgIpc) is 3.52. The highest BCUT2D eigenvalue weighted by molar-refractivity contribution is 7.22. The van der Waals surface area contributed by atoms with Crippen LogP contribution in [0.3, 0.4) is 0 Å². The van der Waals surface area contributed by atoms with Crippen LogP contribution in [0.25, 0.3) is 10.2 Å². The van der Waals surface area contributed by atoms with E-state index in [0.29, 0.717) is 34.5 Å². The van der Waals surface area contributed by atoms with Crippen LogP contribution in [0.15, 0.2) is 49.1 Å². The minimum atomic E-state index is -0.173. The van der Waals surface area contributed by atoms with Gasteiger partial charge in [-0.15, -0.1) is 0 Å². The van der Waals surface area contributed by atoms with E-state index in [1.165, 1.54) is 11.3 Å². The number of anilines is 1. The first-order valence-corrected chi connectivity index (χ1v) is 11.3. The zero-order valence-electron chi connectivity index (χ0n) is 19.1. The fourth-order valence-corrected chi connectivity index (χ4v) is 4.66. The normalized spacial score (nSPS) is 10.9. The van der Waals surface area contributed by atoms with Crippen molar-refractivity contribution in [3.8, 4) is 17.2 Å². The molecule has 8 nitrogen and oxygen atoms in total. The first kappa shape index (κ1) is 22.6. The van der Waals surface area contributed by atoms with Gasteiger partial charge in [0.1, 0.15) is 22.8 Å². The second-order valence-electron chi connectivity index (χ2n) is 7.47. The van der Waals surface area contributed by atoms with Gasteiger partial charge in [-0.1, -0.05) is 17.4 Å². The molecule has 0 aliphatic carbocycles. The molecule has 2 aromatic heterocycles. The quantitative estimate of drug-likeness (QED) is 0.360. The summed E-state index contributed by atoms with van der Waals surface area (Å²) in [4.78, 5) is 24.3. The molecule has 0 saturated heterocycles.